The van der Waals surface area contributed by atoms with Crippen LogP contribution in [0.15, 0.2) is 42.6 Å². The van der Waals surface area contributed by atoms with E-state index in [4.69, 9.17) is 0 Å². The maximum absolute atomic E-state index is 13.6. The number of hydrogen-bond donors (Lipinski definition) is 0. The Morgan fingerprint density at radius 3 is 2.41 bits per heavy atom. The highest BCUT2D eigenvalue weighted by molar-refractivity contribution is 6.00. The van der Waals surface area contributed by atoms with Gasteiger partial charge in [-0.15, -0.1) is 0 Å². The molecular weight excluding hydrogens is 350 g/mol. The number of benzene rings is 1. The molecule has 1 amide bonds. The minimum Gasteiger partial charge on any atom is -0.338 e. The van der Waals surface area contributed by atoms with Crippen LogP contribution in [0, 0.1) is 0 Å². The molecule has 0 aliphatic carbocycles. The zero-order valence-corrected chi connectivity index (χ0v) is 14.8. The predicted octanol–water partition coefficient (Wildman–Crippen LogP) is 4.35. The van der Waals surface area contributed by atoms with Crippen molar-refractivity contribution in [1.29, 1.82) is 0 Å². The molecule has 4 rings (SSSR count). The molecule has 1 aliphatic heterocycles. The number of alkyl halides is 2. The van der Waals surface area contributed by atoms with Gasteiger partial charge in [-0.05, 0) is 18.9 Å². The van der Waals surface area contributed by atoms with Gasteiger partial charge in [0.25, 0.3) is 12.3 Å². The van der Waals surface area contributed by atoms with Crippen LogP contribution in [0.4, 0.5) is 8.78 Å². The van der Waals surface area contributed by atoms with Gasteiger partial charge < -0.3 is 4.90 Å². The molecule has 3 aromatic rings. The molecular formula is C20H20F2N4O. The molecule has 0 atom stereocenters. The first-order valence-corrected chi connectivity index (χ1v) is 9.16. The van der Waals surface area contributed by atoms with Crippen molar-refractivity contribution in [2.45, 2.75) is 32.1 Å². The quantitative estimate of drug-likeness (QED) is 0.689. The second-order valence-electron chi connectivity index (χ2n) is 6.73. The molecule has 0 saturated carbocycles. The molecule has 0 unspecified atom stereocenters. The van der Waals surface area contributed by atoms with E-state index in [9.17, 15) is 13.6 Å². The van der Waals surface area contributed by atoms with Crippen LogP contribution in [0.25, 0.3) is 16.9 Å². The van der Waals surface area contributed by atoms with E-state index in [0.29, 0.717) is 18.8 Å². The number of rotatable bonds is 3. The van der Waals surface area contributed by atoms with E-state index < -0.39 is 6.43 Å². The van der Waals surface area contributed by atoms with Crippen molar-refractivity contribution in [3.05, 3.63) is 53.9 Å². The molecule has 140 valence electrons. The van der Waals surface area contributed by atoms with Crippen LogP contribution in [0.3, 0.4) is 0 Å². The van der Waals surface area contributed by atoms with Gasteiger partial charge in [-0.3, -0.25) is 4.79 Å². The van der Waals surface area contributed by atoms with Gasteiger partial charge in [-0.2, -0.15) is 5.10 Å². The van der Waals surface area contributed by atoms with Crippen molar-refractivity contribution in [3.63, 3.8) is 0 Å². The fourth-order valence-electron chi connectivity index (χ4n) is 3.49. The van der Waals surface area contributed by atoms with Gasteiger partial charge in [0.05, 0.1) is 11.9 Å². The fourth-order valence-corrected chi connectivity index (χ4v) is 3.49. The lowest BCUT2D eigenvalue weighted by Gasteiger charge is -2.19. The molecule has 1 saturated heterocycles. The number of fused-ring (bicyclic) bond motifs is 1. The summed E-state index contributed by atoms with van der Waals surface area (Å²) in [5.41, 5.74) is 1.31. The van der Waals surface area contributed by atoms with Gasteiger partial charge >= 0.3 is 0 Å². The Bertz CT molecular complexity index is 947. The van der Waals surface area contributed by atoms with E-state index in [1.165, 1.54) is 12.3 Å². The van der Waals surface area contributed by atoms with Crippen molar-refractivity contribution in [2.75, 3.05) is 13.1 Å². The van der Waals surface area contributed by atoms with E-state index in [-0.39, 0.29) is 22.8 Å². The van der Waals surface area contributed by atoms with Crippen LogP contribution in [-0.4, -0.2) is 38.5 Å². The maximum Gasteiger partial charge on any atom is 0.280 e. The van der Waals surface area contributed by atoms with Crippen molar-refractivity contribution >= 4 is 11.6 Å². The summed E-state index contributed by atoms with van der Waals surface area (Å²) in [5, 5.41) is 4.04. The van der Waals surface area contributed by atoms with Gasteiger partial charge in [-0.1, -0.05) is 43.2 Å². The van der Waals surface area contributed by atoms with Crippen molar-refractivity contribution in [3.8, 4) is 11.3 Å². The average Bonchev–Trinajstić information content (AvgIpc) is 2.92. The van der Waals surface area contributed by atoms with Crippen LogP contribution in [-0.2, 0) is 0 Å². The molecule has 2 aromatic heterocycles. The summed E-state index contributed by atoms with van der Waals surface area (Å²) in [5.74, 6) is -0.190. The van der Waals surface area contributed by atoms with Crippen molar-refractivity contribution in [2.24, 2.45) is 0 Å². The normalized spacial score (nSPS) is 15.3. The Morgan fingerprint density at radius 2 is 1.74 bits per heavy atom. The highest BCUT2D eigenvalue weighted by atomic mass is 19.3. The molecule has 27 heavy (non-hydrogen) atoms. The first-order valence-electron chi connectivity index (χ1n) is 9.16. The Balaban J connectivity index is 1.82. The van der Waals surface area contributed by atoms with E-state index in [2.05, 4.69) is 10.1 Å². The molecule has 0 spiro atoms. The Morgan fingerprint density at radius 1 is 1.04 bits per heavy atom. The number of likely N-dealkylation sites (tertiary alicyclic amines) is 1. The standard InChI is InChI=1S/C20H20F2N4O/c21-18(22)17-12-16(14-8-4-3-5-9-14)24-19-15(13-23-26(17)19)20(27)25-10-6-1-2-7-11-25/h3-5,8-9,12-13,18H,1-2,6-7,10-11H2. The van der Waals surface area contributed by atoms with Gasteiger partial charge in [0, 0.05) is 18.7 Å². The summed E-state index contributed by atoms with van der Waals surface area (Å²) in [6, 6.07) is 10.4. The van der Waals surface area contributed by atoms with Crippen molar-refractivity contribution < 1.29 is 13.6 Å². The third kappa shape index (κ3) is 3.41. The van der Waals surface area contributed by atoms with Gasteiger partial charge in [-0.25, -0.2) is 18.3 Å². The summed E-state index contributed by atoms with van der Waals surface area (Å²) >= 11 is 0. The summed E-state index contributed by atoms with van der Waals surface area (Å²) in [6.07, 6.45) is 2.75. The number of aromatic nitrogens is 3. The molecule has 7 heteroatoms. The predicted molar refractivity (Wildman–Crippen MR) is 97.8 cm³/mol. The number of hydrogen-bond acceptors (Lipinski definition) is 3. The summed E-state index contributed by atoms with van der Waals surface area (Å²) in [7, 11) is 0. The molecule has 3 heterocycles. The monoisotopic (exact) mass is 370 g/mol. The zero-order chi connectivity index (χ0) is 18.8. The number of nitrogens with zero attached hydrogens (tertiary/aromatic N) is 4. The highest BCUT2D eigenvalue weighted by Crippen LogP contribution is 2.27. The first kappa shape index (κ1) is 17.6. The topological polar surface area (TPSA) is 50.5 Å². The molecule has 0 bridgehead atoms. The molecule has 0 radical (unpaired) electrons. The van der Waals surface area contributed by atoms with Gasteiger partial charge in [0.15, 0.2) is 5.65 Å². The van der Waals surface area contributed by atoms with E-state index in [1.807, 2.05) is 18.2 Å². The number of carbonyl (C=O) groups excluding carboxylic acids is 1. The van der Waals surface area contributed by atoms with Gasteiger partial charge in [0.1, 0.15) is 11.3 Å². The maximum atomic E-state index is 13.6. The Labute approximate surface area is 155 Å². The molecule has 1 aliphatic rings. The smallest absolute Gasteiger partial charge is 0.280 e. The van der Waals surface area contributed by atoms with Crippen LogP contribution in [0.2, 0.25) is 0 Å². The third-order valence-corrected chi connectivity index (χ3v) is 4.92. The highest BCUT2D eigenvalue weighted by Gasteiger charge is 2.25. The molecule has 1 aromatic carbocycles. The summed E-state index contributed by atoms with van der Waals surface area (Å²) in [6.45, 7) is 1.35. The lowest BCUT2D eigenvalue weighted by Crippen LogP contribution is -2.31. The molecule has 0 N–H and O–H groups in total. The van der Waals surface area contributed by atoms with Crippen LogP contribution in [0.5, 0.6) is 0 Å². The minimum atomic E-state index is -2.72. The van der Waals surface area contributed by atoms with E-state index in [1.54, 1.807) is 17.0 Å². The zero-order valence-electron chi connectivity index (χ0n) is 14.8. The van der Waals surface area contributed by atoms with E-state index >= 15 is 0 Å². The fraction of sp³-hybridized carbons (Fsp3) is 0.350. The van der Waals surface area contributed by atoms with E-state index in [0.717, 1.165) is 35.8 Å². The minimum absolute atomic E-state index is 0.181. The van der Waals surface area contributed by atoms with Crippen LogP contribution in [0.1, 0.15) is 48.2 Å². The Hall–Kier alpha value is -2.83. The number of halogens is 2. The van der Waals surface area contributed by atoms with Crippen LogP contribution >= 0.6 is 0 Å². The average molecular weight is 370 g/mol. The van der Waals surface area contributed by atoms with Crippen LogP contribution < -0.4 is 0 Å². The third-order valence-electron chi connectivity index (χ3n) is 4.92. The summed E-state index contributed by atoms with van der Waals surface area (Å²) in [4.78, 5) is 19.3. The molecule has 5 nitrogen and oxygen atoms in total. The Kier molecular flexibility index (Phi) is 4.83. The van der Waals surface area contributed by atoms with Crippen molar-refractivity contribution in [1.82, 2.24) is 19.5 Å². The molecule has 1 fully saturated rings. The summed E-state index contributed by atoms with van der Waals surface area (Å²) < 4.78 is 28.3. The lowest BCUT2D eigenvalue weighted by atomic mass is 10.1. The number of amides is 1. The largest absolute Gasteiger partial charge is 0.338 e. The lowest BCUT2D eigenvalue weighted by molar-refractivity contribution is 0.0763. The first-order chi connectivity index (χ1) is 13.1. The SMILES string of the molecule is O=C(c1cnn2c(C(F)F)cc(-c3ccccc3)nc12)N1CCCCCC1. The van der Waals surface area contributed by atoms with Gasteiger partial charge in [0.2, 0.25) is 0 Å². The second kappa shape index (κ2) is 7.42. The second-order valence-corrected chi connectivity index (χ2v) is 6.73. The number of carbonyl (C=O) groups is 1.